The number of carbonyl (C=O) groups is 4. The minimum Gasteiger partial charge on any atom is -0.384 e. The minimum atomic E-state index is -0.288. The van der Waals surface area contributed by atoms with E-state index in [0.29, 0.717) is 64.3 Å². The molecule has 2 aliphatic rings. The lowest BCUT2D eigenvalue weighted by molar-refractivity contribution is 0.0979. The molecule has 0 amide bonds. The zero-order valence-corrected chi connectivity index (χ0v) is 22.0. The van der Waals surface area contributed by atoms with Crippen molar-refractivity contribution in [2.45, 2.75) is 6.42 Å². The van der Waals surface area contributed by atoms with E-state index >= 15 is 0 Å². The van der Waals surface area contributed by atoms with Gasteiger partial charge in [-0.05, 0) is 30.7 Å². The lowest BCUT2D eigenvalue weighted by atomic mass is 9.83. The summed E-state index contributed by atoms with van der Waals surface area (Å²) in [5, 5.41) is 7.03. The van der Waals surface area contributed by atoms with Crippen LogP contribution in [-0.4, -0.2) is 36.2 Å². The molecule has 192 valence electrons. The van der Waals surface area contributed by atoms with Gasteiger partial charge in [0.15, 0.2) is 23.1 Å². The smallest absolute Gasteiger partial charge is 0.198 e. The van der Waals surface area contributed by atoms with Crippen LogP contribution < -0.4 is 10.6 Å². The van der Waals surface area contributed by atoms with Crippen molar-refractivity contribution in [2.24, 2.45) is 0 Å². The fraction of sp³-hybridized carbons (Fsp3) is 0.0968. The topological polar surface area (TPSA) is 92.3 Å². The minimum absolute atomic E-state index is 0.224. The van der Waals surface area contributed by atoms with Crippen LogP contribution in [0.15, 0.2) is 72.8 Å². The Morgan fingerprint density at radius 1 is 0.462 bits per heavy atom. The van der Waals surface area contributed by atoms with Crippen LogP contribution in [0.5, 0.6) is 0 Å². The van der Waals surface area contributed by atoms with E-state index in [0.717, 1.165) is 0 Å². The van der Waals surface area contributed by atoms with Crippen molar-refractivity contribution in [2.75, 3.05) is 23.7 Å². The second kappa shape index (κ2) is 9.80. The number of carbonyl (C=O) groups excluding carboxylic acids is 4. The maximum Gasteiger partial charge on any atom is 0.198 e. The van der Waals surface area contributed by atoms with Gasteiger partial charge in [0.1, 0.15) is 0 Å². The summed E-state index contributed by atoms with van der Waals surface area (Å²) >= 11 is 12.6. The van der Waals surface area contributed by atoms with Crippen molar-refractivity contribution in [1.29, 1.82) is 0 Å². The molecule has 4 aromatic carbocycles. The molecule has 0 fully saturated rings. The van der Waals surface area contributed by atoms with Crippen LogP contribution in [0, 0.1) is 0 Å². The molecular weight excluding hydrogens is 535 g/mol. The summed E-state index contributed by atoms with van der Waals surface area (Å²) in [6.07, 6.45) is 0.617. The lowest BCUT2D eigenvalue weighted by Crippen LogP contribution is -2.24. The van der Waals surface area contributed by atoms with E-state index in [2.05, 4.69) is 10.6 Å². The molecule has 6 rings (SSSR count). The number of hydrogen-bond acceptors (Lipinski definition) is 6. The molecule has 0 aliphatic heterocycles. The third kappa shape index (κ3) is 4.04. The first-order chi connectivity index (χ1) is 18.9. The predicted octanol–water partition coefficient (Wildman–Crippen LogP) is 6.46. The number of benzene rings is 4. The van der Waals surface area contributed by atoms with E-state index in [1.54, 1.807) is 72.8 Å². The molecule has 6 nitrogen and oxygen atoms in total. The van der Waals surface area contributed by atoms with Crippen LogP contribution >= 0.6 is 23.2 Å². The highest BCUT2D eigenvalue weighted by molar-refractivity contribution is 6.40. The second-order valence-electron chi connectivity index (χ2n) is 9.30. The summed E-state index contributed by atoms with van der Waals surface area (Å²) in [6, 6.07) is 20.0. The Labute approximate surface area is 233 Å². The Bertz CT molecular complexity index is 1620. The van der Waals surface area contributed by atoms with Gasteiger partial charge in [-0.3, -0.25) is 19.2 Å². The second-order valence-corrected chi connectivity index (χ2v) is 10.1. The van der Waals surface area contributed by atoms with Crippen LogP contribution in [0.1, 0.15) is 70.1 Å². The first kappa shape index (κ1) is 25.0. The molecule has 39 heavy (non-hydrogen) atoms. The standard InChI is InChI=1S/C31H20Cl2N2O4/c32-20-10-1-6-16-24(20)30(38)26-18(28(16)36)8-3-12-22(26)34-14-5-15-35-23-13-4-9-19-27(23)31(39)25-17(29(19)37)7-2-11-21(25)33/h1-4,6-13,34-35H,5,14-15H2. The number of nitrogens with one attached hydrogen (secondary N) is 2. The number of fused-ring (bicyclic) bond motifs is 4. The van der Waals surface area contributed by atoms with Gasteiger partial charge in [0, 0.05) is 46.7 Å². The number of halogens is 2. The average molecular weight is 555 g/mol. The summed E-state index contributed by atoms with van der Waals surface area (Å²) in [7, 11) is 0. The highest BCUT2D eigenvalue weighted by atomic mass is 35.5. The van der Waals surface area contributed by atoms with Gasteiger partial charge in [-0.15, -0.1) is 0 Å². The number of rotatable bonds is 6. The van der Waals surface area contributed by atoms with Crippen molar-refractivity contribution in [3.8, 4) is 0 Å². The van der Waals surface area contributed by atoms with E-state index in [-0.39, 0.29) is 44.3 Å². The Morgan fingerprint density at radius 2 is 0.821 bits per heavy atom. The number of ketones is 4. The van der Waals surface area contributed by atoms with Crippen LogP contribution in [-0.2, 0) is 0 Å². The van der Waals surface area contributed by atoms with Crippen LogP contribution in [0.3, 0.4) is 0 Å². The highest BCUT2D eigenvalue weighted by Crippen LogP contribution is 2.36. The molecule has 0 saturated heterocycles. The maximum absolute atomic E-state index is 13.3. The average Bonchev–Trinajstić information content (AvgIpc) is 2.94. The fourth-order valence-corrected chi connectivity index (χ4v) is 5.75. The van der Waals surface area contributed by atoms with Gasteiger partial charge >= 0.3 is 0 Å². The summed E-state index contributed by atoms with van der Waals surface area (Å²) in [5.41, 5.74) is 3.49. The van der Waals surface area contributed by atoms with Gasteiger partial charge in [0.05, 0.1) is 32.3 Å². The van der Waals surface area contributed by atoms with Crippen molar-refractivity contribution in [3.05, 3.63) is 127 Å². The Morgan fingerprint density at radius 3 is 1.23 bits per heavy atom. The first-order valence-electron chi connectivity index (χ1n) is 12.4. The SMILES string of the molecule is O=C1c2cccc(Cl)c2C(=O)c2c(NCCCNc3cccc4c3C(=O)c3c(Cl)cccc3C4=O)cccc21. The van der Waals surface area contributed by atoms with Gasteiger partial charge in [0.25, 0.3) is 0 Å². The normalized spacial score (nSPS) is 13.4. The lowest BCUT2D eigenvalue weighted by Gasteiger charge is -2.22. The maximum atomic E-state index is 13.3. The summed E-state index contributed by atoms with van der Waals surface area (Å²) in [5.74, 6) is -1.04. The van der Waals surface area contributed by atoms with E-state index in [4.69, 9.17) is 23.2 Å². The van der Waals surface area contributed by atoms with Gasteiger partial charge in [-0.2, -0.15) is 0 Å². The Kier molecular flexibility index (Phi) is 6.29. The molecule has 0 saturated carbocycles. The summed E-state index contributed by atoms with van der Waals surface area (Å²) in [4.78, 5) is 52.7. The molecule has 0 heterocycles. The molecule has 4 aromatic rings. The molecule has 0 aromatic heterocycles. The molecule has 2 aliphatic carbocycles. The van der Waals surface area contributed by atoms with E-state index < -0.39 is 0 Å². The largest absolute Gasteiger partial charge is 0.384 e. The van der Waals surface area contributed by atoms with Crippen LogP contribution in [0.4, 0.5) is 11.4 Å². The predicted molar refractivity (Wildman–Crippen MR) is 151 cm³/mol. The molecule has 2 N–H and O–H groups in total. The van der Waals surface area contributed by atoms with E-state index in [1.165, 1.54) is 0 Å². The van der Waals surface area contributed by atoms with Gasteiger partial charge in [-0.25, -0.2) is 0 Å². The third-order valence-corrected chi connectivity index (χ3v) is 7.66. The molecular formula is C31H20Cl2N2O4. The fourth-order valence-electron chi connectivity index (χ4n) is 5.23. The Hall–Kier alpha value is -4.26. The van der Waals surface area contributed by atoms with Crippen molar-refractivity contribution < 1.29 is 19.2 Å². The molecule has 0 spiro atoms. The van der Waals surface area contributed by atoms with Crippen LogP contribution in [0.25, 0.3) is 0 Å². The summed E-state index contributed by atoms with van der Waals surface area (Å²) < 4.78 is 0. The summed E-state index contributed by atoms with van der Waals surface area (Å²) in [6.45, 7) is 0.966. The first-order valence-corrected chi connectivity index (χ1v) is 13.1. The quantitative estimate of drug-likeness (QED) is 0.229. The zero-order chi connectivity index (χ0) is 27.3. The van der Waals surface area contributed by atoms with Crippen molar-refractivity contribution in [1.82, 2.24) is 0 Å². The highest BCUT2D eigenvalue weighted by Gasteiger charge is 2.34. The van der Waals surface area contributed by atoms with Crippen LogP contribution in [0.2, 0.25) is 10.0 Å². The van der Waals surface area contributed by atoms with E-state index in [9.17, 15) is 19.2 Å². The third-order valence-electron chi connectivity index (χ3n) is 7.03. The van der Waals surface area contributed by atoms with Gasteiger partial charge in [-0.1, -0.05) is 71.7 Å². The number of hydrogen-bond donors (Lipinski definition) is 2. The molecule has 8 heteroatoms. The molecule has 0 radical (unpaired) electrons. The van der Waals surface area contributed by atoms with Gasteiger partial charge < -0.3 is 10.6 Å². The van der Waals surface area contributed by atoms with E-state index in [1.807, 2.05) is 0 Å². The zero-order valence-electron chi connectivity index (χ0n) is 20.4. The number of anilines is 2. The molecule has 0 unspecified atom stereocenters. The molecule has 0 atom stereocenters. The van der Waals surface area contributed by atoms with Crippen molar-refractivity contribution in [3.63, 3.8) is 0 Å². The molecule has 0 bridgehead atoms. The Balaban J connectivity index is 1.17. The van der Waals surface area contributed by atoms with Gasteiger partial charge in [0.2, 0.25) is 0 Å². The van der Waals surface area contributed by atoms with Crippen molar-refractivity contribution >= 4 is 57.7 Å². The monoisotopic (exact) mass is 554 g/mol.